The monoisotopic (exact) mass is 592 g/mol. The number of para-hydroxylation sites is 2. The largest absolute Gasteiger partial charge is 0.497 e. The average molecular weight is 593 g/mol. The molecule has 3 aromatic carbocycles. The van der Waals surface area contributed by atoms with E-state index in [0.29, 0.717) is 43.8 Å². The van der Waals surface area contributed by atoms with Crippen LogP contribution in [0.2, 0.25) is 5.02 Å². The Kier molecular flexibility index (Phi) is 9.02. The number of anilines is 3. The van der Waals surface area contributed by atoms with E-state index in [0.717, 1.165) is 32.4 Å². The number of carbonyl (C=O) groups excluding carboxylic acids is 1. The Morgan fingerprint density at radius 1 is 1.05 bits per heavy atom. The van der Waals surface area contributed by atoms with Crippen LogP contribution in [-0.4, -0.2) is 70.2 Å². The number of likely N-dealkylation sites (tertiary alicyclic amines) is 1. The Hall–Kier alpha value is -3.73. The van der Waals surface area contributed by atoms with Gasteiger partial charge in [-0.1, -0.05) is 29.8 Å². The summed E-state index contributed by atoms with van der Waals surface area (Å²) in [6, 6.07) is 19.8. The maximum atomic E-state index is 13.6. The third-order valence-electron chi connectivity index (χ3n) is 6.95. The number of hydrogen-bond donors (Lipinski definition) is 2. The van der Waals surface area contributed by atoms with Gasteiger partial charge >= 0.3 is 0 Å². The van der Waals surface area contributed by atoms with E-state index in [1.165, 1.54) is 0 Å². The summed E-state index contributed by atoms with van der Waals surface area (Å²) in [7, 11) is 3.88. The van der Waals surface area contributed by atoms with Crippen LogP contribution in [0.4, 0.5) is 17.3 Å². The van der Waals surface area contributed by atoms with Gasteiger partial charge in [-0.15, -0.1) is 0 Å². The molecule has 1 aromatic heterocycles. The van der Waals surface area contributed by atoms with E-state index >= 15 is 0 Å². The Bertz CT molecular complexity index is 1580. The molecular formula is C30H33ClN6O3S. The second-order valence-corrected chi connectivity index (χ2v) is 11.8. The van der Waals surface area contributed by atoms with Crippen molar-refractivity contribution < 1.29 is 13.7 Å². The highest BCUT2D eigenvalue weighted by molar-refractivity contribution is 7.86. The van der Waals surface area contributed by atoms with Gasteiger partial charge in [0.25, 0.3) is 5.91 Å². The minimum absolute atomic E-state index is 0.0454. The summed E-state index contributed by atoms with van der Waals surface area (Å²) >= 11 is 6.44. The van der Waals surface area contributed by atoms with E-state index in [-0.39, 0.29) is 17.8 Å². The van der Waals surface area contributed by atoms with Crippen molar-refractivity contribution in [1.29, 1.82) is 0 Å². The van der Waals surface area contributed by atoms with E-state index in [1.54, 1.807) is 49.6 Å². The van der Waals surface area contributed by atoms with Gasteiger partial charge in [0.15, 0.2) is 22.6 Å². The maximum absolute atomic E-state index is 13.6. The fraction of sp³-hybridized carbons (Fsp3) is 0.300. The number of nitrogens with zero attached hydrogens (tertiary/aromatic N) is 4. The number of likely N-dealkylation sites (N-methyl/N-ethyl adjacent to an activating group) is 1. The van der Waals surface area contributed by atoms with Crippen LogP contribution in [0.15, 0.2) is 71.6 Å². The number of benzene rings is 3. The van der Waals surface area contributed by atoms with Gasteiger partial charge in [-0.25, -0.2) is 14.2 Å². The van der Waals surface area contributed by atoms with E-state index in [1.807, 2.05) is 43.3 Å². The van der Waals surface area contributed by atoms with Crippen LogP contribution in [0.1, 0.15) is 29.6 Å². The van der Waals surface area contributed by atoms with Crippen LogP contribution in [0.5, 0.6) is 5.75 Å². The zero-order valence-electron chi connectivity index (χ0n) is 23.3. The second kappa shape index (κ2) is 12.8. The minimum Gasteiger partial charge on any atom is -0.497 e. The normalized spacial score (nSPS) is 16.0. The number of piperidine rings is 1. The third-order valence-corrected chi connectivity index (χ3v) is 8.34. The van der Waals surface area contributed by atoms with Crippen molar-refractivity contribution in [2.24, 2.45) is 0 Å². The summed E-state index contributed by atoms with van der Waals surface area (Å²) in [5.41, 5.74) is 2.36. The number of ether oxygens (including phenoxy) is 1. The van der Waals surface area contributed by atoms with Gasteiger partial charge in [0, 0.05) is 30.8 Å². The SMILES string of the molecule is COc1ccc(Cl)c(Nc2nc3ccccc3nc2NS(=O)c2cccc(C(=O)N3CCCCC3CN(C)C)c2)c1. The number of amides is 1. The first-order valence-electron chi connectivity index (χ1n) is 13.4. The van der Waals surface area contributed by atoms with Crippen LogP contribution in [-0.2, 0) is 11.0 Å². The molecule has 4 aromatic rings. The van der Waals surface area contributed by atoms with Gasteiger partial charge < -0.3 is 19.9 Å². The summed E-state index contributed by atoms with van der Waals surface area (Å²) in [6.07, 6.45) is 3.07. The molecule has 1 fully saturated rings. The molecule has 9 nitrogen and oxygen atoms in total. The van der Waals surface area contributed by atoms with Crippen LogP contribution in [0.3, 0.4) is 0 Å². The van der Waals surface area contributed by atoms with E-state index in [4.69, 9.17) is 26.3 Å². The number of hydrogen-bond acceptors (Lipinski definition) is 7. The standard InChI is InChI=1S/C30H33ClN6O3S/c1-36(2)19-21-10-6-7-16-37(21)30(38)20-9-8-11-23(17-20)41(39)35-29-28(32-25-12-4-5-13-26(25)33-29)34-27-18-22(40-3)14-15-24(27)31/h4-5,8-9,11-15,17-18,21H,6-7,10,16,19H2,1-3H3,(H,32,34)(H,33,35). The first-order chi connectivity index (χ1) is 19.8. The molecule has 0 bridgehead atoms. The fourth-order valence-electron chi connectivity index (χ4n) is 4.95. The van der Waals surface area contributed by atoms with Crippen molar-refractivity contribution in [2.45, 2.75) is 30.2 Å². The molecule has 1 aliphatic heterocycles. The van der Waals surface area contributed by atoms with E-state index in [2.05, 4.69) is 14.9 Å². The molecule has 11 heteroatoms. The predicted octanol–water partition coefficient (Wildman–Crippen LogP) is 5.73. The van der Waals surface area contributed by atoms with Crippen molar-refractivity contribution >= 4 is 56.9 Å². The lowest BCUT2D eigenvalue weighted by Gasteiger charge is -2.37. The summed E-state index contributed by atoms with van der Waals surface area (Å²) in [5.74, 6) is 1.20. The van der Waals surface area contributed by atoms with Gasteiger partial charge in [0.2, 0.25) is 0 Å². The number of halogens is 1. The molecule has 41 heavy (non-hydrogen) atoms. The number of methoxy groups -OCH3 is 1. The number of rotatable bonds is 9. The molecule has 0 radical (unpaired) electrons. The lowest BCUT2D eigenvalue weighted by molar-refractivity contribution is 0.0574. The summed E-state index contributed by atoms with van der Waals surface area (Å²) in [5, 5.41) is 3.67. The quantitative estimate of drug-likeness (QED) is 0.256. The maximum Gasteiger partial charge on any atom is 0.254 e. The van der Waals surface area contributed by atoms with E-state index in [9.17, 15) is 9.00 Å². The van der Waals surface area contributed by atoms with Crippen molar-refractivity contribution in [1.82, 2.24) is 19.8 Å². The highest BCUT2D eigenvalue weighted by atomic mass is 35.5. The first kappa shape index (κ1) is 28.8. The first-order valence-corrected chi connectivity index (χ1v) is 15.0. The summed E-state index contributed by atoms with van der Waals surface area (Å²) < 4.78 is 21.9. The van der Waals surface area contributed by atoms with Crippen LogP contribution in [0.25, 0.3) is 11.0 Å². The molecule has 2 heterocycles. The number of nitrogens with one attached hydrogen (secondary N) is 2. The molecule has 1 aliphatic rings. The molecule has 0 saturated carbocycles. The number of carbonyl (C=O) groups is 1. The highest BCUT2D eigenvalue weighted by Crippen LogP contribution is 2.32. The Morgan fingerprint density at radius 3 is 2.54 bits per heavy atom. The fourth-order valence-corrected chi connectivity index (χ4v) is 5.99. The molecule has 214 valence electrons. The lowest BCUT2D eigenvalue weighted by Crippen LogP contribution is -2.48. The molecule has 0 spiro atoms. The molecule has 2 atom stereocenters. The summed E-state index contributed by atoms with van der Waals surface area (Å²) in [6.45, 7) is 1.53. The van der Waals surface area contributed by atoms with Crippen molar-refractivity contribution in [3.05, 3.63) is 77.3 Å². The minimum atomic E-state index is -1.74. The molecular weight excluding hydrogens is 560 g/mol. The predicted molar refractivity (Wildman–Crippen MR) is 165 cm³/mol. The van der Waals surface area contributed by atoms with Gasteiger partial charge in [-0.3, -0.25) is 9.52 Å². The van der Waals surface area contributed by atoms with Crippen LogP contribution < -0.4 is 14.8 Å². The summed E-state index contributed by atoms with van der Waals surface area (Å²) in [4.78, 5) is 27.5. The van der Waals surface area contributed by atoms with Crippen LogP contribution in [0, 0.1) is 0 Å². The van der Waals surface area contributed by atoms with Crippen molar-refractivity contribution in [3.8, 4) is 5.75 Å². The van der Waals surface area contributed by atoms with Gasteiger partial charge in [0.05, 0.1) is 33.7 Å². The Balaban J connectivity index is 1.43. The van der Waals surface area contributed by atoms with Crippen LogP contribution >= 0.6 is 11.6 Å². The van der Waals surface area contributed by atoms with Gasteiger partial charge in [0.1, 0.15) is 5.75 Å². The average Bonchev–Trinajstić information content (AvgIpc) is 2.98. The molecule has 2 N–H and O–H groups in total. The molecule has 1 amide bonds. The molecule has 5 rings (SSSR count). The smallest absolute Gasteiger partial charge is 0.254 e. The zero-order chi connectivity index (χ0) is 28.9. The van der Waals surface area contributed by atoms with Gasteiger partial charge in [-0.05, 0) is 75.8 Å². The second-order valence-electron chi connectivity index (χ2n) is 10.2. The number of aromatic nitrogens is 2. The molecule has 1 saturated heterocycles. The Labute approximate surface area is 247 Å². The third kappa shape index (κ3) is 6.78. The number of fused-ring (bicyclic) bond motifs is 1. The van der Waals surface area contributed by atoms with Crippen molar-refractivity contribution in [2.75, 3.05) is 44.3 Å². The van der Waals surface area contributed by atoms with Gasteiger partial charge in [-0.2, -0.15) is 0 Å². The zero-order valence-corrected chi connectivity index (χ0v) is 24.8. The Morgan fingerprint density at radius 2 is 1.80 bits per heavy atom. The lowest BCUT2D eigenvalue weighted by atomic mass is 10.0. The highest BCUT2D eigenvalue weighted by Gasteiger charge is 2.28. The van der Waals surface area contributed by atoms with Crippen molar-refractivity contribution in [3.63, 3.8) is 0 Å². The van der Waals surface area contributed by atoms with E-state index < -0.39 is 11.0 Å². The molecule has 2 unspecified atom stereocenters. The molecule has 0 aliphatic carbocycles. The topological polar surface area (TPSA) is 99.7 Å².